The maximum absolute atomic E-state index is 12.7. The van der Waals surface area contributed by atoms with Crippen molar-refractivity contribution in [2.45, 2.75) is 52.0 Å². The second-order valence-corrected chi connectivity index (χ2v) is 7.01. The number of aromatic nitrogens is 2. The van der Waals surface area contributed by atoms with Gasteiger partial charge in [0, 0.05) is 43.6 Å². The molecule has 0 radical (unpaired) electrons. The van der Waals surface area contributed by atoms with Crippen LogP contribution in [0.2, 0.25) is 0 Å². The van der Waals surface area contributed by atoms with Crippen molar-refractivity contribution in [1.29, 1.82) is 0 Å². The number of hydrogen-bond donors (Lipinski definition) is 1. The molecule has 2 aromatic rings. The highest BCUT2D eigenvalue weighted by atomic mass is 16.5. The van der Waals surface area contributed by atoms with Crippen LogP contribution in [0.4, 0.5) is 10.5 Å². The molecule has 1 aliphatic heterocycles. The lowest BCUT2D eigenvalue weighted by Crippen LogP contribution is -2.42. The van der Waals surface area contributed by atoms with Crippen LogP contribution in [0, 0.1) is 0 Å². The number of urea groups is 1. The summed E-state index contributed by atoms with van der Waals surface area (Å²) in [5.41, 5.74) is 0.787. The minimum absolute atomic E-state index is 0.0458. The zero-order valence-corrected chi connectivity index (χ0v) is 16.4. The standard InChI is InChI=1S/C21H30N4O2/c1-3-5-13-24-15-12-22-20(24)17-7-6-14-25(16-17)21(26)23-18-8-10-19(11-9-18)27-4-2/h8-12,15,17H,3-7,13-14,16H2,1-2H3,(H,23,26)/t17-/m0/s1. The van der Waals surface area contributed by atoms with Gasteiger partial charge in [0.25, 0.3) is 0 Å². The monoisotopic (exact) mass is 370 g/mol. The quantitative estimate of drug-likeness (QED) is 0.781. The average Bonchev–Trinajstić information content (AvgIpc) is 3.17. The van der Waals surface area contributed by atoms with Crippen molar-refractivity contribution < 1.29 is 9.53 Å². The van der Waals surface area contributed by atoms with E-state index in [2.05, 4.69) is 28.0 Å². The number of likely N-dealkylation sites (tertiary alicyclic amines) is 1. The Labute approximate surface area is 161 Å². The minimum Gasteiger partial charge on any atom is -0.494 e. The van der Waals surface area contributed by atoms with Gasteiger partial charge in [0.15, 0.2) is 0 Å². The Morgan fingerprint density at radius 2 is 2.11 bits per heavy atom. The molecule has 27 heavy (non-hydrogen) atoms. The summed E-state index contributed by atoms with van der Waals surface area (Å²) in [7, 11) is 0. The average molecular weight is 370 g/mol. The third kappa shape index (κ3) is 5.02. The molecule has 0 unspecified atom stereocenters. The topological polar surface area (TPSA) is 59.4 Å². The van der Waals surface area contributed by atoms with Gasteiger partial charge in [-0.2, -0.15) is 0 Å². The lowest BCUT2D eigenvalue weighted by molar-refractivity contribution is 0.190. The summed E-state index contributed by atoms with van der Waals surface area (Å²) < 4.78 is 7.70. The summed E-state index contributed by atoms with van der Waals surface area (Å²) in [4.78, 5) is 19.2. The van der Waals surface area contributed by atoms with Gasteiger partial charge in [-0.05, 0) is 50.5 Å². The Bertz CT molecular complexity index is 726. The summed E-state index contributed by atoms with van der Waals surface area (Å²) in [6.07, 6.45) is 8.34. The normalized spacial score (nSPS) is 17.0. The number of nitrogens with zero attached hydrogens (tertiary/aromatic N) is 3. The smallest absolute Gasteiger partial charge is 0.321 e. The molecular formula is C21H30N4O2. The van der Waals surface area contributed by atoms with Crippen LogP contribution in [0.5, 0.6) is 5.75 Å². The van der Waals surface area contributed by atoms with Gasteiger partial charge in [0.05, 0.1) is 6.61 Å². The Kier molecular flexibility index (Phi) is 6.74. The van der Waals surface area contributed by atoms with Crippen LogP contribution in [-0.2, 0) is 6.54 Å². The van der Waals surface area contributed by atoms with E-state index in [1.165, 1.54) is 6.42 Å². The number of imidazole rings is 1. The molecule has 0 spiro atoms. The number of aryl methyl sites for hydroxylation is 1. The van der Waals surface area contributed by atoms with Gasteiger partial charge in [0.2, 0.25) is 0 Å². The molecule has 2 heterocycles. The summed E-state index contributed by atoms with van der Waals surface area (Å²) >= 11 is 0. The lowest BCUT2D eigenvalue weighted by atomic mass is 9.97. The van der Waals surface area contributed by atoms with Crippen LogP contribution < -0.4 is 10.1 Å². The van der Waals surface area contributed by atoms with Crippen molar-refractivity contribution in [3.8, 4) is 5.75 Å². The van der Waals surface area contributed by atoms with Gasteiger partial charge in [-0.15, -0.1) is 0 Å². The number of rotatable bonds is 7. The summed E-state index contributed by atoms with van der Waals surface area (Å²) in [5.74, 6) is 2.23. The maximum Gasteiger partial charge on any atom is 0.321 e. The fraction of sp³-hybridized carbons (Fsp3) is 0.524. The number of hydrogen-bond acceptors (Lipinski definition) is 3. The number of nitrogens with one attached hydrogen (secondary N) is 1. The SMILES string of the molecule is CCCCn1ccnc1[C@H]1CCCN(C(=O)Nc2ccc(OCC)cc2)C1. The van der Waals surface area contributed by atoms with Gasteiger partial charge in [-0.1, -0.05) is 13.3 Å². The highest BCUT2D eigenvalue weighted by molar-refractivity contribution is 5.89. The van der Waals surface area contributed by atoms with Gasteiger partial charge >= 0.3 is 6.03 Å². The van der Waals surface area contributed by atoms with E-state index in [-0.39, 0.29) is 6.03 Å². The van der Waals surface area contributed by atoms with Crippen molar-refractivity contribution in [3.63, 3.8) is 0 Å². The van der Waals surface area contributed by atoms with Crippen molar-refractivity contribution in [3.05, 3.63) is 42.5 Å². The van der Waals surface area contributed by atoms with Crippen LogP contribution in [0.3, 0.4) is 0 Å². The molecule has 3 rings (SSSR count). The number of benzene rings is 1. The zero-order valence-electron chi connectivity index (χ0n) is 16.4. The van der Waals surface area contributed by atoms with Crippen LogP contribution >= 0.6 is 0 Å². The third-order valence-corrected chi connectivity index (χ3v) is 4.99. The summed E-state index contributed by atoms with van der Waals surface area (Å²) in [6.45, 7) is 7.29. The van der Waals surface area contributed by atoms with Crippen LogP contribution in [-0.4, -0.2) is 40.2 Å². The van der Waals surface area contributed by atoms with Crippen molar-refractivity contribution in [2.75, 3.05) is 25.0 Å². The number of ether oxygens (including phenoxy) is 1. The zero-order chi connectivity index (χ0) is 19.1. The molecule has 1 saturated heterocycles. The number of carbonyl (C=O) groups is 1. The molecule has 1 aromatic heterocycles. The van der Waals surface area contributed by atoms with Gasteiger partial charge in [-0.3, -0.25) is 0 Å². The first-order chi connectivity index (χ1) is 13.2. The van der Waals surface area contributed by atoms with Gasteiger partial charge in [-0.25, -0.2) is 9.78 Å². The first kappa shape index (κ1) is 19.3. The fourth-order valence-corrected chi connectivity index (χ4v) is 3.57. The molecule has 6 nitrogen and oxygen atoms in total. The lowest BCUT2D eigenvalue weighted by Gasteiger charge is -2.32. The number of amides is 2. The third-order valence-electron chi connectivity index (χ3n) is 4.99. The van der Waals surface area contributed by atoms with Crippen LogP contribution in [0.15, 0.2) is 36.7 Å². The predicted molar refractivity (Wildman–Crippen MR) is 107 cm³/mol. The molecule has 2 amide bonds. The Morgan fingerprint density at radius 3 is 2.85 bits per heavy atom. The number of anilines is 1. The maximum atomic E-state index is 12.7. The second-order valence-electron chi connectivity index (χ2n) is 7.01. The van der Waals surface area contributed by atoms with E-state index in [4.69, 9.17) is 4.74 Å². The van der Waals surface area contributed by atoms with E-state index >= 15 is 0 Å². The van der Waals surface area contributed by atoms with Gasteiger partial charge in [0.1, 0.15) is 11.6 Å². The predicted octanol–water partition coefficient (Wildman–Crippen LogP) is 4.49. The fourth-order valence-electron chi connectivity index (χ4n) is 3.57. The van der Waals surface area contributed by atoms with Crippen LogP contribution in [0.1, 0.15) is 51.3 Å². The first-order valence-electron chi connectivity index (χ1n) is 10.0. The highest BCUT2D eigenvalue weighted by Gasteiger charge is 2.27. The molecule has 1 atom stereocenters. The highest BCUT2D eigenvalue weighted by Crippen LogP contribution is 2.27. The summed E-state index contributed by atoms with van der Waals surface area (Å²) in [5, 5.41) is 3.00. The molecule has 1 fully saturated rings. The molecule has 6 heteroatoms. The molecule has 0 aliphatic carbocycles. The minimum atomic E-state index is -0.0458. The Balaban J connectivity index is 1.60. The Morgan fingerprint density at radius 1 is 1.30 bits per heavy atom. The number of piperidine rings is 1. The number of unbranched alkanes of at least 4 members (excludes halogenated alkanes) is 1. The van der Waals surface area contributed by atoms with Crippen molar-refractivity contribution in [2.24, 2.45) is 0 Å². The molecule has 1 aromatic carbocycles. The molecule has 0 saturated carbocycles. The van der Waals surface area contributed by atoms with Crippen LogP contribution in [0.25, 0.3) is 0 Å². The van der Waals surface area contributed by atoms with E-state index in [1.807, 2.05) is 42.3 Å². The van der Waals surface area contributed by atoms with Gasteiger partial charge < -0.3 is 19.5 Å². The molecule has 0 bridgehead atoms. The second kappa shape index (κ2) is 9.44. The molecule has 1 aliphatic rings. The van der Waals surface area contributed by atoms with E-state index < -0.39 is 0 Å². The molecular weight excluding hydrogens is 340 g/mol. The van der Waals surface area contributed by atoms with E-state index in [0.29, 0.717) is 19.1 Å². The van der Waals surface area contributed by atoms with E-state index in [0.717, 1.165) is 49.6 Å². The first-order valence-corrected chi connectivity index (χ1v) is 10.0. The van der Waals surface area contributed by atoms with E-state index in [9.17, 15) is 4.79 Å². The van der Waals surface area contributed by atoms with Crippen molar-refractivity contribution >= 4 is 11.7 Å². The molecule has 146 valence electrons. The Hall–Kier alpha value is -2.50. The van der Waals surface area contributed by atoms with E-state index in [1.54, 1.807) is 0 Å². The molecule has 1 N–H and O–H groups in total. The van der Waals surface area contributed by atoms with Crippen molar-refractivity contribution in [1.82, 2.24) is 14.5 Å². The number of carbonyl (C=O) groups excluding carboxylic acids is 1. The summed E-state index contributed by atoms with van der Waals surface area (Å²) in [6, 6.07) is 7.46. The largest absolute Gasteiger partial charge is 0.494 e.